The molecule has 1 aromatic carbocycles. The first kappa shape index (κ1) is 17.3. The van der Waals surface area contributed by atoms with E-state index in [9.17, 15) is 4.79 Å². The molecule has 1 amide bonds. The van der Waals surface area contributed by atoms with Gasteiger partial charge < -0.3 is 10.2 Å². The monoisotopic (exact) mass is 316 g/mol. The quantitative estimate of drug-likeness (QED) is 0.906. The maximum Gasteiger partial charge on any atom is 0.223 e. The molecule has 20 heavy (non-hydrogen) atoms. The summed E-state index contributed by atoms with van der Waals surface area (Å²) < 4.78 is 0. The number of carbonyl (C=O) groups excluding carboxylic acids is 1. The Morgan fingerprint density at radius 1 is 1.40 bits per heavy atom. The molecule has 1 aliphatic heterocycles. The fraction of sp³-hybridized carbons (Fsp3) is 0.533. The molecule has 1 unspecified atom stereocenters. The Morgan fingerprint density at radius 3 is 2.75 bits per heavy atom. The minimum Gasteiger partial charge on any atom is -0.338 e. The van der Waals surface area contributed by atoms with Crippen molar-refractivity contribution in [3.8, 4) is 0 Å². The van der Waals surface area contributed by atoms with Crippen LogP contribution in [0.5, 0.6) is 0 Å². The lowest BCUT2D eigenvalue weighted by molar-refractivity contribution is -0.131. The molecule has 0 saturated carbocycles. The summed E-state index contributed by atoms with van der Waals surface area (Å²) in [5.41, 5.74) is 1.17. The van der Waals surface area contributed by atoms with Gasteiger partial charge in [-0.3, -0.25) is 4.79 Å². The van der Waals surface area contributed by atoms with Crippen LogP contribution < -0.4 is 5.32 Å². The van der Waals surface area contributed by atoms with E-state index in [0.717, 1.165) is 37.4 Å². The number of likely N-dealkylation sites (N-methyl/N-ethyl adjacent to an activating group) is 1. The molecule has 2 rings (SSSR count). The number of nitrogens with one attached hydrogen (secondary N) is 1. The number of likely N-dealkylation sites (tertiary alicyclic amines) is 1. The van der Waals surface area contributed by atoms with Gasteiger partial charge >= 0.3 is 0 Å². The van der Waals surface area contributed by atoms with Gasteiger partial charge in [0.1, 0.15) is 0 Å². The zero-order valence-electron chi connectivity index (χ0n) is 11.8. The summed E-state index contributed by atoms with van der Waals surface area (Å²) in [6, 6.07) is 8.11. The van der Waals surface area contributed by atoms with Gasteiger partial charge in [0.2, 0.25) is 5.91 Å². The lowest BCUT2D eigenvalue weighted by atomic mass is 10.1. The van der Waals surface area contributed by atoms with Gasteiger partial charge in [0, 0.05) is 30.6 Å². The molecule has 1 heterocycles. The Hall–Kier alpha value is -0.770. The zero-order chi connectivity index (χ0) is 13.7. The number of carbonyl (C=O) groups is 1. The van der Waals surface area contributed by atoms with Crippen LogP contribution in [0, 0.1) is 0 Å². The third-order valence-electron chi connectivity index (χ3n) is 3.68. The van der Waals surface area contributed by atoms with E-state index in [1.54, 1.807) is 0 Å². The molecule has 0 aromatic heterocycles. The van der Waals surface area contributed by atoms with E-state index < -0.39 is 0 Å². The molecule has 0 bridgehead atoms. The summed E-state index contributed by atoms with van der Waals surface area (Å²) >= 11 is 5.85. The molecule has 1 N–H and O–H groups in total. The predicted molar refractivity (Wildman–Crippen MR) is 85.7 cm³/mol. The van der Waals surface area contributed by atoms with E-state index in [0.29, 0.717) is 12.5 Å². The number of hydrogen-bond acceptors (Lipinski definition) is 2. The molecule has 1 aromatic rings. The van der Waals surface area contributed by atoms with Crippen LogP contribution in [0.3, 0.4) is 0 Å². The lowest BCUT2D eigenvalue weighted by Crippen LogP contribution is -2.40. The van der Waals surface area contributed by atoms with Crippen LogP contribution in [0.1, 0.15) is 24.8 Å². The summed E-state index contributed by atoms with van der Waals surface area (Å²) in [7, 11) is 1.94. The standard InChI is InChI=1S/C15H21ClN2O.ClH/c1-17-11-14-3-2-10-18(14)15(19)9-6-12-4-7-13(16)8-5-12;/h4-5,7-8,14,17H,2-3,6,9-11H2,1H3;1H. The van der Waals surface area contributed by atoms with Gasteiger partial charge in [0.05, 0.1) is 0 Å². The van der Waals surface area contributed by atoms with Crippen LogP contribution >= 0.6 is 24.0 Å². The Balaban J connectivity index is 0.00000200. The van der Waals surface area contributed by atoms with Crippen LogP contribution in [0.2, 0.25) is 5.02 Å². The van der Waals surface area contributed by atoms with Gasteiger partial charge in [0.15, 0.2) is 0 Å². The number of nitrogens with zero attached hydrogens (tertiary/aromatic N) is 1. The van der Waals surface area contributed by atoms with E-state index >= 15 is 0 Å². The van der Waals surface area contributed by atoms with Crippen molar-refractivity contribution < 1.29 is 4.79 Å². The molecule has 1 atom stereocenters. The van der Waals surface area contributed by atoms with Gasteiger partial charge in [-0.05, 0) is 44.0 Å². The van der Waals surface area contributed by atoms with Crippen LogP contribution in [-0.4, -0.2) is 37.0 Å². The molecule has 3 nitrogen and oxygen atoms in total. The van der Waals surface area contributed by atoms with Crippen molar-refractivity contribution in [2.75, 3.05) is 20.1 Å². The fourth-order valence-electron chi connectivity index (χ4n) is 2.66. The first-order valence-electron chi connectivity index (χ1n) is 6.89. The molecule has 1 saturated heterocycles. The molecule has 112 valence electrons. The summed E-state index contributed by atoms with van der Waals surface area (Å²) in [5, 5.41) is 3.91. The largest absolute Gasteiger partial charge is 0.338 e. The van der Waals surface area contributed by atoms with Crippen molar-refractivity contribution in [1.29, 1.82) is 0 Å². The summed E-state index contributed by atoms with van der Waals surface area (Å²) in [6.45, 7) is 1.80. The smallest absolute Gasteiger partial charge is 0.223 e. The lowest BCUT2D eigenvalue weighted by Gasteiger charge is -2.24. The second kappa shape index (κ2) is 8.50. The molecule has 0 radical (unpaired) electrons. The van der Waals surface area contributed by atoms with Gasteiger partial charge in [-0.15, -0.1) is 12.4 Å². The molecule has 5 heteroatoms. The third-order valence-corrected chi connectivity index (χ3v) is 3.93. The zero-order valence-corrected chi connectivity index (χ0v) is 13.3. The number of rotatable bonds is 5. The fourth-order valence-corrected chi connectivity index (χ4v) is 2.78. The Kier molecular flexibility index (Phi) is 7.35. The highest BCUT2D eigenvalue weighted by Crippen LogP contribution is 2.18. The Labute approximate surface area is 132 Å². The van der Waals surface area contributed by atoms with Gasteiger partial charge in [-0.2, -0.15) is 0 Å². The van der Waals surface area contributed by atoms with Crippen molar-refractivity contribution in [1.82, 2.24) is 10.2 Å². The Bertz CT molecular complexity index is 422. The normalized spacial score (nSPS) is 17.9. The van der Waals surface area contributed by atoms with Crippen LogP contribution in [0.4, 0.5) is 0 Å². The number of amides is 1. The molecule has 0 aliphatic carbocycles. The first-order valence-corrected chi connectivity index (χ1v) is 7.27. The highest BCUT2D eigenvalue weighted by atomic mass is 35.5. The van der Waals surface area contributed by atoms with Crippen LogP contribution in [0.25, 0.3) is 0 Å². The van der Waals surface area contributed by atoms with E-state index in [2.05, 4.69) is 5.32 Å². The van der Waals surface area contributed by atoms with E-state index in [1.165, 1.54) is 5.56 Å². The minimum atomic E-state index is 0. The summed E-state index contributed by atoms with van der Waals surface area (Å²) in [5.74, 6) is 0.271. The average Bonchev–Trinajstić information content (AvgIpc) is 2.86. The number of aryl methyl sites for hydroxylation is 1. The van der Waals surface area contributed by atoms with E-state index in [1.807, 2.05) is 36.2 Å². The van der Waals surface area contributed by atoms with Gasteiger partial charge in [-0.25, -0.2) is 0 Å². The second-order valence-corrected chi connectivity index (χ2v) is 5.50. The van der Waals surface area contributed by atoms with Crippen molar-refractivity contribution in [3.05, 3.63) is 34.9 Å². The van der Waals surface area contributed by atoms with Gasteiger partial charge in [0.25, 0.3) is 0 Å². The van der Waals surface area contributed by atoms with Crippen molar-refractivity contribution in [2.45, 2.75) is 31.7 Å². The predicted octanol–water partition coefficient (Wildman–Crippen LogP) is 2.90. The molecule has 1 fully saturated rings. The van der Waals surface area contributed by atoms with E-state index in [-0.39, 0.29) is 18.3 Å². The highest BCUT2D eigenvalue weighted by molar-refractivity contribution is 6.30. The molecule has 1 aliphatic rings. The van der Waals surface area contributed by atoms with Gasteiger partial charge in [-0.1, -0.05) is 23.7 Å². The third kappa shape index (κ3) is 4.65. The van der Waals surface area contributed by atoms with Crippen LogP contribution in [0.15, 0.2) is 24.3 Å². The number of hydrogen-bond donors (Lipinski definition) is 1. The molecular formula is C15H22Cl2N2O. The summed E-state index contributed by atoms with van der Waals surface area (Å²) in [4.78, 5) is 14.3. The molecular weight excluding hydrogens is 295 g/mol. The summed E-state index contributed by atoms with van der Waals surface area (Å²) in [6.07, 6.45) is 3.62. The second-order valence-electron chi connectivity index (χ2n) is 5.07. The minimum absolute atomic E-state index is 0. The van der Waals surface area contributed by atoms with Crippen molar-refractivity contribution >= 4 is 29.9 Å². The molecule has 0 spiro atoms. The Morgan fingerprint density at radius 2 is 2.10 bits per heavy atom. The SMILES string of the molecule is CNCC1CCCN1C(=O)CCc1ccc(Cl)cc1.Cl. The van der Waals surface area contributed by atoms with Crippen molar-refractivity contribution in [3.63, 3.8) is 0 Å². The van der Waals surface area contributed by atoms with Crippen LogP contribution in [-0.2, 0) is 11.2 Å². The first-order chi connectivity index (χ1) is 9.20. The number of halogens is 2. The van der Waals surface area contributed by atoms with E-state index in [4.69, 9.17) is 11.6 Å². The highest BCUT2D eigenvalue weighted by Gasteiger charge is 2.27. The maximum atomic E-state index is 12.2. The van der Waals surface area contributed by atoms with Crippen molar-refractivity contribution in [2.24, 2.45) is 0 Å². The topological polar surface area (TPSA) is 32.3 Å². The maximum absolute atomic E-state index is 12.2. The average molecular weight is 317 g/mol. The number of benzene rings is 1.